The molecule has 0 spiro atoms. The van der Waals surface area contributed by atoms with Gasteiger partial charge in [-0.05, 0) is 38.1 Å². The largest absolute Gasteiger partial charge is 0.389 e. The monoisotopic (exact) mass is 514 g/mol. The number of anilines is 1. The number of carbonyl (C=O) groups excluding carboxylic acids is 2. The van der Waals surface area contributed by atoms with E-state index in [1.807, 2.05) is 4.90 Å². The summed E-state index contributed by atoms with van der Waals surface area (Å²) in [6.45, 7) is 3.67. The number of urea groups is 1. The molecule has 3 heterocycles. The van der Waals surface area contributed by atoms with Gasteiger partial charge < -0.3 is 34.6 Å². The highest BCUT2D eigenvalue weighted by Gasteiger charge is 2.40. The number of piperazine rings is 1. The fraction of sp³-hybridized carbons (Fsp3) is 0.652. The van der Waals surface area contributed by atoms with Crippen LogP contribution in [-0.2, 0) is 14.3 Å². The van der Waals surface area contributed by atoms with Crippen LogP contribution in [0.5, 0.6) is 0 Å². The van der Waals surface area contributed by atoms with Gasteiger partial charge in [0, 0.05) is 41.9 Å². The summed E-state index contributed by atoms with van der Waals surface area (Å²) < 4.78 is 11.9. The summed E-state index contributed by atoms with van der Waals surface area (Å²) in [5.41, 5.74) is 0.472. The number of benzene rings is 1. The van der Waals surface area contributed by atoms with Crippen molar-refractivity contribution in [1.29, 1.82) is 0 Å². The van der Waals surface area contributed by atoms with Crippen molar-refractivity contribution in [2.24, 2.45) is 0 Å². The van der Waals surface area contributed by atoms with Gasteiger partial charge in [-0.1, -0.05) is 23.2 Å². The molecule has 0 unspecified atom stereocenters. The second kappa shape index (κ2) is 11.4. The molecule has 0 saturated carbocycles. The molecule has 34 heavy (non-hydrogen) atoms. The van der Waals surface area contributed by atoms with Crippen molar-refractivity contribution < 1.29 is 24.2 Å². The standard InChI is InChI=1S/C23H32Cl2N4O5/c1-27-4-6-28(7-5-27)22(31)11-19-2-3-20-21(34-19)14-33-13-18(30)12-29(20)23(32)26-17-9-15(24)8-16(25)10-17/h8-10,18-21,30H,2-7,11-14H2,1H3,(H,26,32)/t18-,19+,20+,21-/m0/s1. The smallest absolute Gasteiger partial charge is 0.322 e. The number of ether oxygens (including phenoxy) is 2. The number of nitrogens with one attached hydrogen (secondary N) is 1. The van der Waals surface area contributed by atoms with Crippen molar-refractivity contribution in [2.45, 2.75) is 43.6 Å². The highest BCUT2D eigenvalue weighted by Crippen LogP contribution is 2.29. The summed E-state index contributed by atoms with van der Waals surface area (Å²) in [4.78, 5) is 31.7. The Morgan fingerprint density at radius 3 is 2.50 bits per heavy atom. The number of carbonyl (C=O) groups is 2. The van der Waals surface area contributed by atoms with Crippen LogP contribution in [0.2, 0.25) is 10.0 Å². The minimum Gasteiger partial charge on any atom is -0.389 e. The normalized spacial score (nSPS) is 28.6. The number of nitrogens with zero attached hydrogens (tertiary/aromatic N) is 3. The zero-order chi connectivity index (χ0) is 24.2. The van der Waals surface area contributed by atoms with Crippen molar-refractivity contribution in [2.75, 3.05) is 58.3 Å². The average Bonchev–Trinajstić information content (AvgIpc) is 2.76. The maximum absolute atomic E-state index is 13.2. The Kier molecular flexibility index (Phi) is 8.55. The topological polar surface area (TPSA) is 94.6 Å². The van der Waals surface area contributed by atoms with E-state index >= 15 is 0 Å². The molecule has 9 nitrogen and oxygen atoms in total. The van der Waals surface area contributed by atoms with Crippen molar-refractivity contribution in [3.63, 3.8) is 0 Å². The first-order chi connectivity index (χ1) is 16.3. The number of likely N-dealkylation sites (N-methyl/N-ethyl adjacent to an activating group) is 1. The Labute approximate surface area is 209 Å². The molecule has 188 valence electrons. The molecular formula is C23H32Cl2N4O5. The quantitative estimate of drug-likeness (QED) is 0.642. The molecule has 11 heteroatoms. The van der Waals surface area contributed by atoms with Gasteiger partial charge in [-0.15, -0.1) is 0 Å². The molecule has 1 aromatic carbocycles. The highest BCUT2D eigenvalue weighted by atomic mass is 35.5. The van der Waals surface area contributed by atoms with Gasteiger partial charge in [0.15, 0.2) is 0 Å². The number of rotatable bonds is 3. The van der Waals surface area contributed by atoms with Gasteiger partial charge in [0.25, 0.3) is 0 Å². The molecule has 1 aromatic rings. The van der Waals surface area contributed by atoms with Gasteiger partial charge >= 0.3 is 6.03 Å². The number of aliphatic hydroxyl groups is 1. The molecule has 2 N–H and O–H groups in total. The first kappa shape index (κ1) is 25.5. The first-order valence-electron chi connectivity index (χ1n) is 11.7. The van der Waals surface area contributed by atoms with Crippen molar-refractivity contribution in [3.05, 3.63) is 28.2 Å². The maximum atomic E-state index is 13.2. The average molecular weight is 515 g/mol. The van der Waals surface area contributed by atoms with Crippen LogP contribution in [0.4, 0.5) is 10.5 Å². The zero-order valence-electron chi connectivity index (χ0n) is 19.3. The van der Waals surface area contributed by atoms with E-state index in [0.717, 1.165) is 26.2 Å². The molecular weight excluding hydrogens is 483 g/mol. The SMILES string of the molecule is CN1CCN(C(=O)C[C@H]2CC[C@@H]3[C@H](COC[C@@H](O)CN3C(=O)Nc3cc(Cl)cc(Cl)c3)O2)CC1. The highest BCUT2D eigenvalue weighted by molar-refractivity contribution is 6.35. The van der Waals surface area contributed by atoms with Crippen LogP contribution in [0.1, 0.15) is 19.3 Å². The molecule has 3 fully saturated rings. The van der Waals surface area contributed by atoms with Crippen molar-refractivity contribution >= 4 is 40.8 Å². The molecule has 3 saturated heterocycles. The lowest BCUT2D eigenvalue weighted by molar-refractivity contribution is -0.155. The van der Waals surface area contributed by atoms with Crippen LogP contribution in [0.3, 0.4) is 0 Å². The van der Waals surface area contributed by atoms with Gasteiger partial charge in [0.1, 0.15) is 6.10 Å². The van der Waals surface area contributed by atoms with Gasteiger partial charge in [0.05, 0.1) is 44.4 Å². The van der Waals surface area contributed by atoms with Crippen molar-refractivity contribution in [1.82, 2.24) is 14.7 Å². The molecule has 4 rings (SSSR count). The number of amides is 3. The minimum atomic E-state index is -0.814. The molecule has 0 radical (unpaired) electrons. The second-order valence-electron chi connectivity index (χ2n) is 9.26. The lowest BCUT2D eigenvalue weighted by Crippen LogP contribution is -2.58. The molecule has 0 aliphatic carbocycles. The summed E-state index contributed by atoms with van der Waals surface area (Å²) in [5.74, 6) is 0.103. The van der Waals surface area contributed by atoms with E-state index < -0.39 is 6.10 Å². The number of hydrogen-bond acceptors (Lipinski definition) is 6. The van der Waals surface area contributed by atoms with Gasteiger partial charge in [-0.2, -0.15) is 0 Å². The number of β-amino-alcohol motifs (C(OH)–C–C–N with tert-alkyl or cyclic N) is 1. The summed E-state index contributed by atoms with van der Waals surface area (Å²) in [6, 6.07) is 4.15. The van der Waals surface area contributed by atoms with E-state index in [2.05, 4.69) is 17.3 Å². The number of hydrogen-bond donors (Lipinski definition) is 2. The van der Waals surface area contributed by atoms with Crippen molar-refractivity contribution in [3.8, 4) is 0 Å². The van der Waals surface area contributed by atoms with Gasteiger partial charge in [0.2, 0.25) is 5.91 Å². The van der Waals surface area contributed by atoms with Gasteiger partial charge in [-0.25, -0.2) is 4.79 Å². The first-order valence-corrected chi connectivity index (χ1v) is 12.5. The van der Waals surface area contributed by atoms with Gasteiger partial charge in [-0.3, -0.25) is 4.79 Å². The lowest BCUT2D eigenvalue weighted by Gasteiger charge is -2.44. The van der Waals surface area contributed by atoms with E-state index in [0.29, 0.717) is 35.0 Å². The summed E-state index contributed by atoms with van der Waals surface area (Å²) >= 11 is 12.1. The maximum Gasteiger partial charge on any atom is 0.322 e. The zero-order valence-corrected chi connectivity index (χ0v) is 20.8. The fourth-order valence-electron chi connectivity index (χ4n) is 4.78. The van der Waals surface area contributed by atoms with E-state index in [1.54, 1.807) is 23.1 Å². The number of aliphatic hydroxyl groups excluding tert-OH is 1. The molecule has 0 bridgehead atoms. The third kappa shape index (κ3) is 6.53. The van der Waals surface area contributed by atoms with Crippen LogP contribution in [0.15, 0.2) is 18.2 Å². The predicted octanol–water partition coefficient (Wildman–Crippen LogP) is 2.30. The Balaban J connectivity index is 1.41. The van der Waals surface area contributed by atoms with E-state index in [9.17, 15) is 14.7 Å². The van der Waals surface area contributed by atoms with Crippen LogP contribution in [0, 0.1) is 0 Å². The predicted molar refractivity (Wildman–Crippen MR) is 129 cm³/mol. The summed E-state index contributed by atoms with van der Waals surface area (Å²) in [6.07, 6.45) is 0.182. The Bertz CT molecular complexity index is 863. The molecule has 0 aromatic heterocycles. The Morgan fingerprint density at radius 2 is 1.79 bits per heavy atom. The number of fused-ring (bicyclic) bond motifs is 1. The third-order valence-corrected chi connectivity index (χ3v) is 7.05. The van der Waals surface area contributed by atoms with E-state index in [4.69, 9.17) is 32.7 Å². The molecule has 3 amide bonds. The lowest BCUT2D eigenvalue weighted by atomic mass is 9.94. The fourth-order valence-corrected chi connectivity index (χ4v) is 5.30. The molecule has 3 aliphatic heterocycles. The van der Waals surface area contributed by atoms with E-state index in [1.165, 1.54) is 0 Å². The van der Waals surface area contributed by atoms with Crippen LogP contribution < -0.4 is 5.32 Å². The summed E-state index contributed by atoms with van der Waals surface area (Å²) in [7, 11) is 2.06. The number of halogens is 2. The van der Waals surface area contributed by atoms with Crippen LogP contribution >= 0.6 is 23.2 Å². The van der Waals surface area contributed by atoms with Crippen LogP contribution in [0.25, 0.3) is 0 Å². The Morgan fingerprint density at radius 1 is 1.09 bits per heavy atom. The minimum absolute atomic E-state index is 0.101. The third-order valence-electron chi connectivity index (χ3n) is 6.61. The van der Waals surface area contributed by atoms with Crippen LogP contribution in [-0.4, -0.2) is 109 Å². The Hall–Kier alpha value is -1.62. The second-order valence-corrected chi connectivity index (χ2v) is 10.1. The summed E-state index contributed by atoms with van der Waals surface area (Å²) in [5, 5.41) is 14.0. The molecule has 3 aliphatic rings. The molecule has 4 atom stereocenters. The van der Waals surface area contributed by atoms with E-state index in [-0.39, 0.29) is 49.9 Å².